The third-order valence-corrected chi connectivity index (χ3v) is 4.41. The fourth-order valence-corrected chi connectivity index (χ4v) is 3.11. The van der Waals surface area contributed by atoms with E-state index in [9.17, 15) is 0 Å². The molecule has 0 heterocycles. The van der Waals surface area contributed by atoms with Crippen LogP contribution in [0.25, 0.3) is 10.8 Å². The molecule has 0 aliphatic heterocycles. The highest BCUT2D eigenvalue weighted by Gasteiger charge is 2.09. The predicted molar refractivity (Wildman–Crippen MR) is 104 cm³/mol. The van der Waals surface area contributed by atoms with Crippen molar-refractivity contribution in [2.24, 2.45) is 0 Å². The molecule has 1 atom stereocenters. The molecule has 0 unspecified atom stereocenters. The topological polar surface area (TPSA) is 21.3 Å². The van der Waals surface area contributed by atoms with Gasteiger partial charge < -0.3 is 10.1 Å². The van der Waals surface area contributed by atoms with Gasteiger partial charge in [-0.25, -0.2) is 0 Å². The van der Waals surface area contributed by atoms with Crippen LogP contribution >= 0.6 is 24.0 Å². The number of methoxy groups -OCH3 is 1. The van der Waals surface area contributed by atoms with Crippen LogP contribution in [0.5, 0.6) is 5.75 Å². The van der Waals surface area contributed by atoms with Crippen molar-refractivity contribution in [2.75, 3.05) is 7.11 Å². The molecule has 0 aromatic heterocycles. The number of hydrogen-bond acceptors (Lipinski definition) is 2. The Hall–Kier alpha value is -1.74. The summed E-state index contributed by atoms with van der Waals surface area (Å²) >= 11 is 6.19. The van der Waals surface area contributed by atoms with E-state index >= 15 is 0 Å². The summed E-state index contributed by atoms with van der Waals surface area (Å²) in [6, 6.07) is 21.1. The Kier molecular flexibility index (Phi) is 6.50. The molecule has 0 bridgehead atoms. The lowest BCUT2D eigenvalue weighted by Gasteiger charge is -2.17. The minimum atomic E-state index is 0. The van der Waals surface area contributed by atoms with Crippen molar-refractivity contribution in [2.45, 2.75) is 19.5 Å². The van der Waals surface area contributed by atoms with Crippen LogP contribution in [0.3, 0.4) is 0 Å². The zero-order valence-corrected chi connectivity index (χ0v) is 15.3. The molecule has 0 radical (unpaired) electrons. The quantitative estimate of drug-likeness (QED) is 0.622. The summed E-state index contributed by atoms with van der Waals surface area (Å²) in [5.74, 6) is 0.706. The molecule has 0 spiro atoms. The van der Waals surface area contributed by atoms with Crippen molar-refractivity contribution in [3.63, 3.8) is 0 Å². The highest BCUT2D eigenvalue weighted by molar-refractivity contribution is 6.32. The maximum Gasteiger partial charge on any atom is 0.137 e. The van der Waals surface area contributed by atoms with E-state index in [0.717, 1.165) is 12.1 Å². The van der Waals surface area contributed by atoms with Crippen LogP contribution in [-0.4, -0.2) is 7.11 Å². The molecule has 24 heavy (non-hydrogen) atoms. The fourth-order valence-electron chi connectivity index (χ4n) is 2.83. The van der Waals surface area contributed by atoms with Gasteiger partial charge in [-0.1, -0.05) is 60.1 Å². The Labute approximate surface area is 154 Å². The van der Waals surface area contributed by atoms with Gasteiger partial charge in [0.1, 0.15) is 5.75 Å². The second-order valence-corrected chi connectivity index (χ2v) is 6.05. The zero-order valence-electron chi connectivity index (χ0n) is 13.8. The summed E-state index contributed by atoms with van der Waals surface area (Å²) in [7, 11) is 1.63. The van der Waals surface area contributed by atoms with E-state index in [4.69, 9.17) is 16.3 Å². The largest absolute Gasteiger partial charge is 0.495 e. The molecular formula is C20H21Cl2NO. The van der Waals surface area contributed by atoms with Crippen LogP contribution in [0.2, 0.25) is 5.02 Å². The van der Waals surface area contributed by atoms with Gasteiger partial charge in [0.05, 0.1) is 12.1 Å². The number of benzene rings is 3. The summed E-state index contributed by atoms with van der Waals surface area (Å²) in [6.45, 7) is 2.95. The van der Waals surface area contributed by atoms with Gasteiger partial charge in [-0.2, -0.15) is 0 Å². The summed E-state index contributed by atoms with van der Waals surface area (Å²) in [4.78, 5) is 0. The smallest absolute Gasteiger partial charge is 0.137 e. The van der Waals surface area contributed by atoms with Gasteiger partial charge in [0.25, 0.3) is 0 Å². The number of fused-ring (bicyclic) bond motifs is 1. The number of rotatable bonds is 5. The summed E-state index contributed by atoms with van der Waals surface area (Å²) < 4.78 is 5.19. The molecular weight excluding hydrogens is 341 g/mol. The summed E-state index contributed by atoms with van der Waals surface area (Å²) in [5, 5.41) is 6.78. The molecule has 0 saturated carbocycles. The monoisotopic (exact) mass is 361 g/mol. The van der Waals surface area contributed by atoms with Crippen molar-refractivity contribution in [3.8, 4) is 5.75 Å². The maximum absolute atomic E-state index is 6.19. The molecule has 3 rings (SSSR count). The maximum atomic E-state index is 6.19. The Balaban J connectivity index is 0.00000208. The lowest BCUT2D eigenvalue weighted by atomic mass is 9.99. The highest BCUT2D eigenvalue weighted by Crippen LogP contribution is 2.26. The van der Waals surface area contributed by atoms with Gasteiger partial charge in [-0.3, -0.25) is 0 Å². The van der Waals surface area contributed by atoms with Gasteiger partial charge in [-0.15, -0.1) is 12.4 Å². The van der Waals surface area contributed by atoms with Crippen molar-refractivity contribution in [3.05, 3.63) is 76.8 Å². The zero-order chi connectivity index (χ0) is 16.2. The number of hydrogen-bond donors (Lipinski definition) is 1. The molecule has 3 aromatic rings. The Morgan fingerprint density at radius 2 is 1.79 bits per heavy atom. The Bertz CT molecular complexity index is 814. The van der Waals surface area contributed by atoms with Gasteiger partial charge >= 0.3 is 0 Å². The van der Waals surface area contributed by atoms with Gasteiger partial charge in [0, 0.05) is 12.6 Å². The Morgan fingerprint density at radius 3 is 2.54 bits per heavy atom. The van der Waals surface area contributed by atoms with E-state index in [-0.39, 0.29) is 18.4 Å². The molecule has 0 saturated heterocycles. The molecule has 126 valence electrons. The van der Waals surface area contributed by atoms with E-state index in [2.05, 4.69) is 54.7 Å². The van der Waals surface area contributed by atoms with E-state index in [1.807, 2.05) is 18.2 Å². The van der Waals surface area contributed by atoms with Gasteiger partial charge in [-0.05, 0) is 41.0 Å². The molecule has 1 N–H and O–H groups in total. The number of nitrogens with one attached hydrogen (secondary N) is 1. The van der Waals surface area contributed by atoms with Crippen molar-refractivity contribution in [1.29, 1.82) is 0 Å². The molecule has 3 aromatic carbocycles. The molecule has 2 nitrogen and oxygen atoms in total. The van der Waals surface area contributed by atoms with E-state index in [1.165, 1.54) is 16.3 Å². The SMILES string of the molecule is COc1ccc(CN[C@H](C)c2cccc3ccccc23)cc1Cl.Cl. The molecule has 0 fully saturated rings. The first kappa shape index (κ1) is 18.6. The van der Waals surface area contributed by atoms with Crippen LogP contribution in [0.15, 0.2) is 60.7 Å². The lowest BCUT2D eigenvalue weighted by Crippen LogP contribution is -2.18. The summed E-state index contributed by atoms with van der Waals surface area (Å²) in [6.07, 6.45) is 0. The Morgan fingerprint density at radius 1 is 1.04 bits per heavy atom. The van der Waals surface area contributed by atoms with Crippen molar-refractivity contribution >= 4 is 34.8 Å². The van der Waals surface area contributed by atoms with E-state index in [1.54, 1.807) is 7.11 Å². The average Bonchev–Trinajstić information content (AvgIpc) is 2.59. The molecule has 0 aliphatic rings. The van der Waals surface area contributed by atoms with E-state index < -0.39 is 0 Å². The predicted octanol–water partition coefficient (Wildman–Crippen LogP) is 5.77. The normalized spacial score (nSPS) is 11.8. The van der Waals surface area contributed by atoms with Crippen LogP contribution in [-0.2, 0) is 6.54 Å². The van der Waals surface area contributed by atoms with Gasteiger partial charge in [0.15, 0.2) is 0 Å². The van der Waals surface area contributed by atoms with Crippen LogP contribution in [0.1, 0.15) is 24.1 Å². The first-order chi connectivity index (χ1) is 11.2. The molecule has 4 heteroatoms. The van der Waals surface area contributed by atoms with Gasteiger partial charge in [0.2, 0.25) is 0 Å². The number of ether oxygens (including phenoxy) is 1. The summed E-state index contributed by atoms with van der Waals surface area (Å²) in [5.41, 5.74) is 2.45. The lowest BCUT2D eigenvalue weighted by molar-refractivity contribution is 0.414. The first-order valence-corrected chi connectivity index (χ1v) is 8.10. The fraction of sp³-hybridized carbons (Fsp3) is 0.200. The standard InChI is InChI=1S/C20H20ClNO.ClH/c1-14(17-9-5-7-16-6-3-4-8-18(16)17)22-13-15-10-11-20(23-2)19(21)12-15;/h3-12,14,22H,13H2,1-2H3;1H/t14-;/m1./s1. The number of halogens is 2. The van der Waals surface area contributed by atoms with Crippen LogP contribution < -0.4 is 10.1 Å². The minimum absolute atomic E-state index is 0. The van der Waals surface area contributed by atoms with E-state index in [0.29, 0.717) is 10.8 Å². The second kappa shape index (κ2) is 8.39. The first-order valence-electron chi connectivity index (χ1n) is 7.72. The molecule has 0 amide bonds. The highest BCUT2D eigenvalue weighted by atomic mass is 35.5. The van der Waals surface area contributed by atoms with Crippen molar-refractivity contribution in [1.82, 2.24) is 5.32 Å². The van der Waals surface area contributed by atoms with Crippen molar-refractivity contribution < 1.29 is 4.74 Å². The van der Waals surface area contributed by atoms with Crippen LogP contribution in [0.4, 0.5) is 0 Å². The average molecular weight is 362 g/mol. The third kappa shape index (κ3) is 4.02. The van der Waals surface area contributed by atoms with Crippen LogP contribution in [0, 0.1) is 0 Å². The third-order valence-electron chi connectivity index (χ3n) is 4.12. The minimum Gasteiger partial charge on any atom is -0.495 e. The second-order valence-electron chi connectivity index (χ2n) is 5.64. The molecule has 0 aliphatic carbocycles.